The molecule has 0 amide bonds. The van der Waals surface area contributed by atoms with E-state index in [1.54, 1.807) is 6.07 Å². The first-order valence-electron chi connectivity index (χ1n) is 7.15. The van der Waals surface area contributed by atoms with Crippen LogP contribution in [-0.4, -0.2) is 19.1 Å². The van der Waals surface area contributed by atoms with E-state index in [9.17, 15) is 4.39 Å². The lowest BCUT2D eigenvalue weighted by Gasteiger charge is -2.25. The maximum Gasteiger partial charge on any atom is 0.129 e. The molecule has 0 atom stereocenters. The van der Waals surface area contributed by atoms with E-state index >= 15 is 0 Å². The highest BCUT2D eigenvalue weighted by Crippen LogP contribution is 2.34. The van der Waals surface area contributed by atoms with Crippen molar-refractivity contribution in [2.24, 2.45) is 5.41 Å². The summed E-state index contributed by atoms with van der Waals surface area (Å²) in [6, 6.07) is 5.78. The average Bonchev–Trinajstić information content (AvgIpc) is 2.67. The minimum atomic E-state index is -0.102. The number of rotatable bonds is 4. The quantitative estimate of drug-likeness (QED) is 0.894. The first kappa shape index (κ1) is 14.3. The summed E-state index contributed by atoms with van der Waals surface area (Å²) in [4.78, 5) is 2.32. The van der Waals surface area contributed by atoms with E-state index in [1.807, 2.05) is 12.1 Å². The molecule has 0 radical (unpaired) electrons. The summed E-state index contributed by atoms with van der Waals surface area (Å²) in [5.41, 5.74) is 2.18. The Morgan fingerprint density at radius 3 is 2.68 bits per heavy atom. The molecule has 2 nitrogen and oxygen atoms in total. The Morgan fingerprint density at radius 1 is 1.37 bits per heavy atom. The molecule has 2 rings (SSSR count). The summed E-state index contributed by atoms with van der Waals surface area (Å²) >= 11 is 0. The van der Waals surface area contributed by atoms with Gasteiger partial charge in [-0.25, -0.2) is 4.39 Å². The first-order valence-corrected chi connectivity index (χ1v) is 7.15. The monoisotopic (exact) mass is 264 g/mol. The zero-order valence-corrected chi connectivity index (χ0v) is 12.5. The number of halogens is 1. The second-order valence-corrected chi connectivity index (χ2v) is 6.61. The summed E-state index contributed by atoms with van der Waals surface area (Å²) in [6.07, 6.45) is 1.17. The maximum absolute atomic E-state index is 14.1. The minimum absolute atomic E-state index is 0.102. The first-order chi connectivity index (χ1) is 8.89. The SMILES string of the molecule is CC(C)NCc1c(F)cccc1N1CCC(C)(C)C1. The van der Waals surface area contributed by atoms with Crippen LogP contribution in [0.4, 0.5) is 10.1 Å². The third-order valence-electron chi connectivity index (χ3n) is 3.80. The van der Waals surface area contributed by atoms with Gasteiger partial charge in [0.1, 0.15) is 5.82 Å². The molecule has 0 bridgehead atoms. The fourth-order valence-corrected chi connectivity index (χ4v) is 2.64. The molecule has 1 fully saturated rings. The molecule has 1 heterocycles. The van der Waals surface area contributed by atoms with Gasteiger partial charge in [0.05, 0.1) is 0 Å². The van der Waals surface area contributed by atoms with E-state index in [4.69, 9.17) is 0 Å². The lowest BCUT2D eigenvalue weighted by molar-refractivity contribution is 0.418. The minimum Gasteiger partial charge on any atom is -0.371 e. The Hall–Kier alpha value is -1.09. The van der Waals surface area contributed by atoms with Crippen molar-refractivity contribution in [3.63, 3.8) is 0 Å². The molecular formula is C16H25FN2. The molecule has 0 aromatic heterocycles. The fourth-order valence-electron chi connectivity index (χ4n) is 2.64. The highest BCUT2D eigenvalue weighted by atomic mass is 19.1. The highest BCUT2D eigenvalue weighted by molar-refractivity contribution is 5.55. The third kappa shape index (κ3) is 3.47. The van der Waals surface area contributed by atoms with Gasteiger partial charge in [-0.2, -0.15) is 0 Å². The molecular weight excluding hydrogens is 239 g/mol. The summed E-state index contributed by atoms with van der Waals surface area (Å²) in [7, 11) is 0. The number of hydrogen-bond acceptors (Lipinski definition) is 2. The fraction of sp³-hybridized carbons (Fsp3) is 0.625. The summed E-state index contributed by atoms with van der Waals surface area (Å²) < 4.78 is 14.1. The van der Waals surface area contributed by atoms with Crippen molar-refractivity contribution in [3.8, 4) is 0 Å². The highest BCUT2D eigenvalue weighted by Gasteiger charge is 2.30. The van der Waals surface area contributed by atoms with Gasteiger partial charge in [-0.05, 0) is 24.0 Å². The second kappa shape index (κ2) is 5.49. The molecule has 19 heavy (non-hydrogen) atoms. The van der Waals surface area contributed by atoms with Crippen molar-refractivity contribution in [2.75, 3.05) is 18.0 Å². The molecule has 0 spiro atoms. The molecule has 0 aliphatic carbocycles. The van der Waals surface area contributed by atoms with Gasteiger partial charge in [0.15, 0.2) is 0 Å². The van der Waals surface area contributed by atoms with Gasteiger partial charge < -0.3 is 10.2 Å². The summed E-state index contributed by atoms with van der Waals surface area (Å²) in [5, 5.41) is 3.32. The van der Waals surface area contributed by atoms with Gasteiger partial charge in [0.25, 0.3) is 0 Å². The van der Waals surface area contributed by atoms with Crippen molar-refractivity contribution in [1.29, 1.82) is 0 Å². The molecule has 106 valence electrons. The van der Waals surface area contributed by atoms with Crippen molar-refractivity contribution in [1.82, 2.24) is 5.32 Å². The lowest BCUT2D eigenvalue weighted by atomic mass is 9.93. The van der Waals surface area contributed by atoms with E-state index in [1.165, 1.54) is 6.42 Å². The van der Waals surface area contributed by atoms with Crippen molar-refractivity contribution in [2.45, 2.75) is 46.7 Å². The second-order valence-electron chi connectivity index (χ2n) is 6.61. The van der Waals surface area contributed by atoms with Gasteiger partial charge in [-0.3, -0.25) is 0 Å². The number of hydrogen-bond donors (Lipinski definition) is 1. The van der Waals surface area contributed by atoms with Gasteiger partial charge >= 0.3 is 0 Å². The van der Waals surface area contributed by atoms with Gasteiger partial charge in [0, 0.05) is 36.9 Å². The smallest absolute Gasteiger partial charge is 0.129 e. The normalized spacial score (nSPS) is 18.3. The maximum atomic E-state index is 14.1. The van der Waals surface area contributed by atoms with Gasteiger partial charge in [-0.1, -0.05) is 33.8 Å². The molecule has 1 saturated heterocycles. The summed E-state index contributed by atoms with van der Waals surface area (Å²) in [5.74, 6) is -0.102. The van der Waals surface area contributed by atoms with Crippen molar-refractivity contribution < 1.29 is 4.39 Å². The molecule has 0 unspecified atom stereocenters. The van der Waals surface area contributed by atoms with Crippen molar-refractivity contribution >= 4 is 5.69 Å². The Morgan fingerprint density at radius 2 is 2.11 bits per heavy atom. The van der Waals surface area contributed by atoms with Crippen LogP contribution in [0.3, 0.4) is 0 Å². The predicted octanol–water partition coefficient (Wildman–Crippen LogP) is 3.56. The largest absolute Gasteiger partial charge is 0.371 e. The van der Waals surface area contributed by atoms with E-state index in [0.29, 0.717) is 18.0 Å². The molecule has 1 aromatic rings. The number of nitrogens with zero attached hydrogens (tertiary/aromatic N) is 1. The van der Waals surface area contributed by atoms with Crippen LogP contribution in [-0.2, 0) is 6.54 Å². The van der Waals surface area contributed by atoms with Gasteiger partial charge in [-0.15, -0.1) is 0 Å². The van der Waals surface area contributed by atoms with Crippen LogP contribution in [0.1, 0.15) is 39.7 Å². The zero-order chi connectivity index (χ0) is 14.0. The molecule has 1 aliphatic heterocycles. The molecule has 0 saturated carbocycles. The lowest BCUT2D eigenvalue weighted by Crippen LogP contribution is -2.27. The van der Waals surface area contributed by atoms with Crippen LogP contribution < -0.4 is 10.2 Å². The molecule has 1 aromatic carbocycles. The van der Waals surface area contributed by atoms with Crippen LogP contribution >= 0.6 is 0 Å². The Kier molecular flexibility index (Phi) is 4.14. The van der Waals surface area contributed by atoms with E-state index in [0.717, 1.165) is 24.3 Å². The van der Waals surface area contributed by atoms with Crippen molar-refractivity contribution in [3.05, 3.63) is 29.6 Å². The molecule has 1 aliphatic rings. The Labute approximate surface area is 116 Å². The predicted molar refractivity (Wildman–Crippen MR) is 79.0 cm³/mol. The average molecular weight is 264 g/mol. The Balaban J connectivity index is 2.22. The van der Waals surface area contributed by atoms with Crippen LogP contribution in [0.5, 0.6) is 0 Å². The standard InChI is InChI=1S/C16H25FN2/c1-12(2)18-10-13-14(17)6-5-7-15(13)19-9-8-16(3,4)11-19/h5-7,12,18H,8-11H2,1-4H3. The third-order valence-corrected chi connectivity index (χ3v) is 3.80. The van der Waals surface area contributed by atoms with E-state index in [-0.39, 0.29) is 5.82 Å². The Bertz CT molecular complexity index is 440. The molecule has 1 N–H and O–H groups in total. The van der Waals surface area contributed by atoms with Crippen LogP contribution in [0.2, 0.25) is 0 Å². The summed E-state index contributed by atoms with van der Waals surface area (Å²) in [6.45, 7) is 11.3. The molecule has 3 heteroatoms. The van der Waals surface area contributed by atoms with E-state index < -0.39 is 0 Å². The van der Waals surface area contributed by atoms with E-state index in [2.05, 4.69) is 37.9 Å². The van der Waals surface area contributed by atoms with Crippen LogP contribution in [0.15, 0.2) is 18.2 Å². The van der Waals surface area contributed by atoms with Gasteiger partial charge in [0.2, 0.25) is 0 Å². The zero-order valence-electron chi connectivity index (χ0n) is 12.5. The van der Waals surface area contributed by atoms with Crippen LogP contribution in [0.25, 0.3) is 0 Å². The topological polar surface area (TPSA) is 15.3 Å². The number of nitrogens with one attached hydrogen (secondary N) is 1. The number of benzene rings is 1. The van der Waals surface area contributed by atoms with Crippen LogP contribution in [0, 0.1) is 11.2 Å². The number of anilines is 1.